The first-order valence-electron chi connectivity index (χ1n) is 10.2. The van der Waals surface area contributed by atoms with Crippen LogP contribution in [0.1, 0.15) is 27.3 Å². The SMILES string of the molecule is Cc1cc(C(=O)COC(=O)/C=C/c2ccc3c(c2)OCO3)c(C)n1-c1ccc(S(N)(=O)=O)cc1. The molecule has 0 saturated carbocycles. The van der Waals surface area contributed by atoms with E-state index >= 15 is 0 Å². The van der Waals surface area contributed by atoms with Crippen LogP contribution in [-0.4, -0.2) is 38.1 Å². The van der Waals surface area contributed by atoms with Crippen LogP contribution in [-0.2, 0) is 19.6 Å². The van der Waals surface area contributed by atoms with Crippen molar-refractivity contribution in [3.63, 3.8) is 0 Å². The van der Waals surface area contributed by atoms with Crippen LogP contribution in [0.3, 0.4) is 0 Å². The number of hydrogen-bond acceptors (Lipinski definition) is 7. The van der Waals surface area contributed by atoms with Crippen LogP contribution >= 0.6 is 0 Å². The number of Topliss-reactive ketones (excluding diaryl/α,β-unsaturated/α-hetero) is 1. The first kappa shape index (κ1) is 23.3. The zero-order chi connectivity index (χ0) is 24.5. The first-order valence-corrected chi connectivity index (χ1v) is 11.8. The highest BCUT2D eigenvalue weighted by Crippen LogP contribution is 2.32. The van der Waals surface area contributed by atoms with Gasteiger partial charge in [-0.05, 0) is 68.0 Å². The number of aryl methyl sites for hydroxylation is 1. The van der Waals surface area contributed by atoms with Gasteiger partial charge < -0.3 is 18.8 Å². The summed E-state index contributed by atoms with van der Waals surface area (Å²) < 4.78 is 40.4. The van der Waals surface area contributed by atoms with Crippen LogP contribution in [0, 0.1) is 13.8 Å². The Balaban J connectivity index is 1.42. The summed E-state index contributed by atoms with van der Waals surface area (Å²) in [4.78, 5) is 24.8. The van der Waals surface area contributed by atoms with Crippen LogP contribution in [0.2, 0.25) is 0 Å². The molecule has 0 bridgehead atoms. The molecule has 0 atom stereocenters. The lowest BCUT2D eigenvalue weighted by molar-refractivity contribution is -0.136. The van der Waals surface area contributed by atoms with Crippen molar-refractivity contribution in [2.45, 2.75) is 18.7 Å². The second kappa shape index (κ2) is 9.16. The van der Waals surface area contributed by atoms with Crippen molar-refractivity contribution in [2.24, 2.45) is 5.14 Å². The summed E-state index contributed by atoms with van der Waals surface area (Å²) in [6, 6.07) is 13.0. The fourth-order valence-corrected chi connectivity index (χ4v) is 4.19. The molecule has 176 valence electrons. The molecule has 4 rings (SSSR count). The molecule has 1 aliphatic heterocycles. The van der Waals surface area contributed by atoms with Gasteiger partial charge in [0.05, 0.1) is 4.90 Å². The van der Waals surface area contributed by atoms with Gasteiger partial charge in [-0.1, -0.05) is 6.07 Å². The van der Waals surface area contributed by atoms with Gasteiger partial charge in [0.25, 0.3) is 0 Å². The van der Waals surface area contributed by atoms with E-state index in [0.29, 0.717) is 28.4 Å². The number of rotatable bonds is 7. The molecule has 1 aliphatic rings. The number of hydrogen-bond donors (Lipinski definition) is 1. The lowest BCUT2D eigenvalue weighted by Gasteiger charge is -2.10. The van der Waals surface area contributed by atoms with E-state index in [9.17, 15) is 18.0 Å². The van der Waals surface area contributed by atoms with Crippen molar-refractivity contribution in [1.82, 2.24) is 4.57 Å². The molecule has 0 unspecified atom stereocenters. The summed E-state index contributed by atoms with van der Waals surface area (Å²) in [6.45, 7) is 3.32. The van der Waals surface area contributed by atoms with Crippen LogP contribution < -0.4 is 14.6 Å². The summed E-state index contributed by atoms with van der Waals surface area (Å²) in [5.74, 6) is 0.229. The molecular formula is C24H22N2O7S. The van der Waals surface area contributed by atoms with Gasteiger partial charge >= 0.3 is 5.97 Å². The Morgan fingerprint density at radius 1 is 1.06 bits per heavy atom. The molecule has 2 N–H and O–H groups in total. The molecule has 1 aromatic heterocycles. The number of nitrogens with zero attached hydrogens (tertiary/aromatic N) is 1. The maximum Gasteiger partial charge on any atom is 0.331 e. The molecule has 3 aromatic rings. The number of sulfonamides is 1. The quantitative estimate of drug-likeness (QED) is 0.312. The monoisotopic (exact) mass is 482 g/mol. The molecule has 2 heterocycles. The number of carbonyl (C=O) groups excluding carboxylic acids is 2. The van der Waals surface area contributed by atoms with Gasteiger partial charge in [-0.25, -0.2) is 18.4 Å². The number of carbonyl (C=O) groups is 2. The Kier molecular flexibility index (Phi) is 6.27. The largest absolute Gasteiger partial charge is 0.454 e. The van der Waals surface area contributed by atoms with Crippen LogP contribution in [0.15, 0.2) is 59.5 Å². The van der Waals surface area contributed by atoms with Gasteiger partial charge in [-0.15, -0.1) is 0 Å². The van der Waals surface area contributed by atoms with Crippen molar-refractivity contribution >= 4 is 27.9 Å². The summed E-state index contributed by atoms with van der Waals surface area (Å²) in [5.41, 5.74) is 3.20. The van der Waals surface area contributed by atoms with Gasteiger partial charge in [-0.2, -0.15) is 0 Å². The maximum absolute atomic E-state index is 12.7. The first-order chi connectivity index (χ1) is 16.1. The number of ether oxygens (including phenoxy) is 3. The van der Waals surface area contributed by atoms with Crippen molar-refractivity contribution < 1.29 is 32.2 Å². The third-order valence-electron chi connectivity index (χ3n) is 5.31. The minimum Gasteiger partial charge on any atom is -0.454 e. The number of nitrogens with two attached hydrogens (primary N) is 1. The van der Waals surface area contributed by atoms with Gasteiger partial charge in [0.1, 0.15) is 0 Å². The lowest BCUT2D eigenvalue weighted by atomic mass is 10.1. The number of esters is 1. The van der Waals surface area contributed by atoms with E-state index in [2.05, 4.69) is 0 Å². The highest BCUT2D eigenvalue weighted by molar-refractivity contribution is 7.89. The Hall–Kier alpha value is -3.89. The summed E-state index contributed by atoms with van der Waals surface area (Å²) in [6.07, 6.45) is 2.80. The van der Waals surface area contributed by atoms with E-state index in [-0.39, 0.29) is 17.5 Å². The Morgan fingerprint density at radius 2 is 1.76 bits per heavy atom. The highest BCUT2D eigenvalue weighted by Gasteiger charge is 2.18. The molecule has 0 amide bonds. The van der Waals surface area contributed by atoms with Crippen molar-refractivity contribution in [1.29, 1.82) is 0 Å². The normalized spacial score (nSPS) is 12.8. The van der Waals surface area contributed by atoms with Crippen LogP contribution in [0.25, 0.3) is 11.8 Å². The third-order valence-corrected chi connectivity index (χ3v) is 6.24. The maximum atomic E-state index is 12.7. The number of ketones is 1. The smallest absolute Gasteiger partial charge is 0.331 e. The van der Waals surface area contributed by atoms with Crippen molar-refractivity contribution in [3.05, 3.63) is 77.1 Å². The second-order valence-corrected chi connectivity index (χ2v) is 9.20. The van der Waals surface area contributed by atoms with E-state index in [4.69, 9.17) is 19.3 Å². The highest BCUT2D eigenvalue weighted by atomic mass is 32.2. The number of primary sulfonamides is 1. The molecule has 0 fully saturated rings. The second-order valence-electron chi connectivity index (χ2n) is 7.64. The molecule has 0 radical (unpaired) electrons. The van der Waals surface area contributed by atoms with E-state index in [1.54, 1.807) is 49.4 Å². The third kappa shape index (κ3) is 4.87. The zero-order valence-corrected chi connectivity index (χ0v) is 19.3. The molecule has 0 aliphatic carbocycles. The molecule has 34 heavy (non-hydrogen) atoms. The van der Waals surface area contributed by atoms with Crippen molar-refractivity contribution in [2.75, 3.05) is 13.4 Å². The minimum absolute atomic E-state index is 0.00396. The van der Waals surface area contributed by atoms with E-state index in [0.717, 1.165) is 11.3 Å². The fourth-order valence-electron chi connectivity index (χ4n) is 3.67. The molecule has 0 spiro atoms. The molecular weight excluding hydrogens is 460 g/mol. The average molecular weight is 483 g/mol. The standard InChI is InChI=1S/C24H22N2O7S/c1-15-11-20(16(2)26(15)18-5-7-19(8-6-18)34(25,29)30)21(27)13-31-24(28)10-4-17-3-9-22-23(12-17)33-14-32-22/h3-12H,13-14H2,1-2H3,(H2,25,29,30)/b10-4+. The van der Waals surface area contributed by atoms with Gasteiger partial charge in [0, 0.05) is 28.7 Å². The number of benzene rings is 2. The van der Waals surface area contributed by atoms with Gasteiger partial charge in [-0.3, -0.25) is 4.79 Å². The zero-order valence-electron chi connectivity index (χ0n) is 18.5. The van der Waals surface area contributed by atoms with Crippen molar-refractivity contribution in [3.8, 4) is 17.2 Å². The summed E-state index contributed by atoms with van der Waals surface area (Å²) >= 11 is 0. The Bertz CT molecular complexity index is 1400. The number of aromatic nitrogens is 1. The molecule has 9 nitrogen and oxygen atoms in total. The lowest BCUT2D eigenvalue weighted by Crippen LogP contribution is -2.13. The minimum atomic E-state index is -3.80. The van der Waals surface area contributed by atoms with Crippen LogP contribution in [0.5, 0.6) is 11.5 Å². The predicted octanol–water partition coefficient (Wildman–Crippen LogP) is 2.91. The molecule has 2 aromatic carbocycles. The van der Waals surface area contributed by atoms with E-state index in [1.165, 1.54) is 18.2 Å². The Labute approximate surface area is 196 Å². The topological polar surface area (TPSA) is 127 Å². The fraction of sp³-hybridized carbons (Fsp3) is 0.167. The predicted molar refractivity (Wildman–Crippen MR) is 124 cm³/mol. The number of fused-ring (bicyclic) bond motifs is 1. The molecule has 10 heteroatoms. The Morgan fingerprint density at radius 3 is 2.47 bits per heavy atom. The van der Waals surface area contributed by atoms with Gasteiger partial charge in [0.15, 0.2) is 18.1 Å². The summed E-state index contributed by atoms with van der Waals surface area (Å²) in [7, 11) is -3.80. The van der Waals surface area contributed by atoms with E-state index < -0.39 is 22.6 Å². The van der Waals surface area contributed by atoms with Gasteiger partial charge in [0.2, 0.25) is 22.6 Å². The average Bonchev–Trinajstić information content (AvgIpc) is 3.38. The summed E-state index contributed by atoms with van der Waals surface area (Å²) in [5, 5.41) is 5.15. The molecule has 0 saturated heterocycles. The van der Waals surface area contributed by atoms with Crippen LogP contribution in [0.4, 0.5) is 0 Å². The van der Waals surface area contributed by atoms with E-state index in [1.807, 2.05) is 11.5 Å².